The lowest BCUT2D eigenvalue weighted by Gasteiger charge is -2.38. The summed E-state index contributed by atoms with van der Waals surface area (Å²) in [6, 6.07) is 4.76. The van der Waals surface area contributed by atoms with E-state index in [0.717, 1.165) is 0 Å². The number of carbonyl (C=O) groups excluding carboxylic acids is 2. The molecule has 1 aromatic carbocycles. The molecule has 0 spiro atoms. The van der Waals surface area contributed by atoms with Crippen molar-refractivity contribution in [3.63, 3.8) is 0 Å². The van der Waals surface area contributed by atoms with Crippen LogP contribution in [0.15, 0.2) is 28.9 Å². The van der Waals surface area contributed by atoms with E-state index < -0.39 is 6.04 Å². The van der Waals surface area contributed by atoms with Crippen LogP contribution in [0.2, 0.25) is 0 Å². The number of nitrogens with zero attached hydrogens (tertiary/aromatic N) is 3. The van der Waals surface area contributed by atoms with Crippen molar-refractivity contribution in [2.45, 2.75) is 26.0 Å². The third-order valence-electron chi connectivity index (χ3n) is 4.84. The topological polar surface area (TPSA) is 94.3 Å². The molecule has 2 aliphatic rings. The van der Waals surface area contributed by atoms with Gasteiger partial charge in [-0.05, 0) is 18.6 Å². The van der Waals surface area contributed by atoms with Crippen LogP contribution in [0.4, 0.5) is 0 Å². The molecule has 148 valence electrons. The molecule has 4 rings (SSSR count). The first-order valence-electron chi connectivity index (χ1n) is 9.09. The van der Waals surface area contributed by atoms with E-state index in [9.17, 15) is 9.59 Å². The Kier molecular flexibility index (Phi) is 4.81. The molecular weight excluding hydrogens is 366 g/mol. The van der Waals surface area contributed by atoms with Crippen molar-refractivity contribution in [2.75, 3.05) is 26.9 Å². The van der Waals surface area contributed by atoms with Gasteiger partial charge in [-0.25, -0.2) is 4.98 Å². The standard InChI is InChI=1S/C19H21N3O6/c1-3-14-19(24)21(2)6-7-22(14)18(23)13-9-26-17(20-13)10-25-12-4-5-15-16(8-12)28-11-27-15/h4-5,8-9,14H,3,6-7,10-11H2,1-2H3/t14-/m1/s1. The highest BCUT2D eigenvalue weighted by molar-refractivity contribution is 5.96. The Balaban J connectivity index is 1.41. The van der Waals surface area contributed by atoms with Gasteiger partial charge in [-0.2, -0.15) is 0 Å². The van der Waals surface area contributed by atoms with E-state index in [0.29, 0.717) is 36.8 Å². The molecule has 0 N–H and O–H groups in total. The van der Waals surface area contributed by atoms with Gasteiger partial charge < -0.3 is 28.4 Å². The van der Waals surface area contributed by atoms with Crippen molar-refractivity contribution in [1.29, 1.82) is 0 Å². The van der Waals surface area contributed by atoms with Crippen LogP contribution in [-0.2, 0) is 11.4 Å². The van der Waals surface area contributed by atoms with Gasteiger partial charge in [0.2, 0.25) is 18.6 Å². The predicted molar refractivity (Wildman–Crippen MR) is 96.2 cm³/mol. The quantitative estimate of drug-likeness (QED) is 0.770. The Morgan fingerprint density at radius 1 is 1.29 bits per heavy atom. The van der Waals surface area contributed by atoms with Gasteiger partial charge in [0, 0.05) is 26.2 Å². The maximum atomic E-state index is 12.8. The average molecular weight is 387 g/mol. The summed E-state index contributed by atoms with van der Waals surface area (Å²) in [4.78, 5) is 32.5. The van der Waals surface area contributed by atoms with Crippen molar-refractivity contribution in [3.05, 3.63) is 36.0 Å². The number of piperazine rings is 1. The summed E-state index contributed by atoms with van der Waals surface area (Å²) in [5.41, 5.74) is 0.167. The Bertz CT molecular complexity index is 896. The molecule has 0 aliphatic carbocycles. The lowest BCUT2D eigenvalue weighted by molar-refractivity contribution is -0.138. The lowest BCUT2D eigenvalue weighted by Crippen LogP contribution is -2.57. The Morgan fingerprint density at radius 2 is 2.11 bits per heavy atom. The summed E-state index contributed by atoms with van der Waals surface area (Å²) in [6.07, 6.45) is 1.85. The van der Waals surface area contributed by atoms with Crippen LogP contribution >= 0.6 is 0 Å². The summed E-state index contributed by atoms with van der Waals surface area (Å²) < 4.78 is 21.6. The summed E-state index contributed by atoms with van der Waals surface area (Å²) in [5, 5.41) is 0. The van der Waals surface area contributed by atoms with Crippen molar-refractivity contribution < 1.29 is 28.2 Å². The predicted octanol–water partition coefficient (Wildman–Crippen LogP) is 1.68. The molecule has 9 nitrogen and oxygen atoms in total. The van der Waals surface area contributed by atoms with E-state index in [1.54, 1.807) is 35.0 Å². The molecule has 3 heterocycles. The van der Waals surface area contributed by atoms with Crippen LogP contribution in [0.1, 0.15) is 29.7 Å². The maximum Gasteiger partial charge on any atom is 0.276 e. The van der Waals surface area contributed by atoms with Crippen LogP contribution in [0.25, 0.3) is 0 Å². The van der Waals surface area contributed by atoms with Crippen molar-refractivity contribution >= 4 is 11.8 Å². The van der Waals surface area contributed by atoms with Crippen LogP contribution in [0, 0.1) is 0 Å². The van der Waals surface area contributed by atoms with Gasteiger partial charge in [0.25, 0.3) is 5.91 Å². The highest BCUT2D eigenvalue weighted by atomic mass is 16.7. The minimum Gasteiger partial charge on any atom is -0.484 e. The molecule has 0 radical (unpaired) electrons. The molecular formula is C19H21N3O6. The van der Waals surface area contributed by atoms with E-state index in [2.05, 4.69) is 4.98 Å². The van der Waals surface area contributed by atoms with Gasteiger partial charge in [0.15, 0.2) is 23.8 Å². The zero-order chi connectivity index (χ0) is 19.7. The molecule has 0 unspecified atom stereocenters. The van der Waals surface area contributed by atoms with Gasteiger partial charge in [-0.15, -0.1) is 0 Å². The number of oxazole rings is 1. The van der Waals surface area contributed by atoms with E-state index >= 15 is 0 Å². The fourth-order valence-corrected chi connectivity index (χ4v) is 3.28. The Labute approximate surface area is 161 Å². The van der Waals surface area contributed by atoms with Crippen molar-refractivity contribution in [2.24, 2.45) is 0 Å². The minimum absolute atomic E-state index is 0.0584. The number of carbonyl (C=O) groups is 2. The number of hydrogen-bond donors (Lipinski definition) is 0. The molecule has 1 saturated heterocycles. The third-order valence-corrected chi connectivity index (χ3v) is 4.84. The molecule has 0 saturated carbocycles. The van der Waals surface area contributed by atoms with Crippen molar-refractivity contribution in [1.82, 2.24) is 14.8 Å². The monoisotopic (exact) mass is 387 g/mol. The number of aromatic nitrogens is 1. The Hall–Kier alpha value is -3.23. The first kappa shape index (κ1) is 18.1. The molecule has 28 heavy (non-hydrogen) atoms. The fourth-order valence-electron chi connectivity index (χ4n) is 3.28. The smallest absolute Gasteiger partial charge is 0.276 e. The average Bonchev–Trinajstić information content (AvgIpc) is 3.36. The SMILES string of the molecule is CC[C@@H]1C(=O)N(C)CCN1C(=O)c1coc(COc2ccc3c(c2)OCO3)n1. The van der Waals surface area contributed by atoms with E-state index in [-0.39, 0.29) is 36.8 Å². The number of amides is 2. The first-order chi connectivity index (χ1) is 13.6. The van der Waals surface area contributed by atoms with E-state index in [4.69, 9.17) is 18.6 Å². The second kappa shape index (κ2) is 7.41. The number of likely N-dealkylation sites (N-methyl/N-ethyl adjacent to an activating group) is 1. The van der Waals surface area contributed by atoms with Crippen molar-refractivity contribution in [3.8, 4) is 17.2 Å². The number of fused-ring (bicyclic) bond motifs is 1. The molecule has 0 bridgehead atoms. The number of ether oxygens (including phenoxy) is 3. The number of benzene rings is 1. The zero-order valence-corrected chi connectivity index (χ0v) is 15.7. The molecule has 1 fully saturated rings. The second-order valence-corrected chi connectivity index (χ2v) is 6.61. The lowest BCUT2D eigenvalue weighted by atomic mass is 10.1. The van der Waals surface area contributed by atoms with Gasteiger partial charge in [0.05, 0.1) is 0 Å². The largest absolute Gasteiger partial charge is 0.484 e. The van der Waals surface area contributed by atoms with E-state index in [1.807, 2.05) is 6.92 Å². The van der Waals surface area contributed by atoms with Gasteiger partial charge in [-0.1, -0.05) is 6.92 Å². The summed E-state index contributed by atoms with van der Waals surface area (Å²) in [6.45, 7) is 3.10. The van der Waals surface area contributed by atoms with Gasteiger partial charge >= 0.3 is 0 Å². The second-order valence-electron chi connectivity index (χ2n) is 6.61. The Morgan fingerprint density at radius 3 is 2.93 bits per heavy atom. The molecule has 2 amide bonds. The van der Waals surface area contributed by atoms with Gasteiger partial charge in [-0.3, -0.25) is 9.59 Å². The number of hydrogen-bond acceptors (Lipinski definition) is 7. The normalized spacial score (nSPS) is 18.5. The van der Waals surface area contributed by atoms with Crippen LogP contribution < -0.4 is 14.2 Å². The summed E-state index contributed by atoms with van der Waals surface area (Å²) in [7, 11) is 1.74. The third kappa shape index (κ3) is 3.35. The highest BCUT2D eigenvalue weighted by Crippen LogP contribution is 2.35. The van der Waals surface area contributed by atoms with Crippen LogP contribution in [0.5, 0.6) is 17.2 Å². The molecule has 9 heteroatoms. The molecule has 1 aromatic heterocycles. The highest BCUT2D eigenvalue weighted by Gasteiger charge is 2.36. The molecule has 2 aromatic rings. The van der Waals surface area contributed by atoms with Gasteiger partial charge in [0.1, 0.15) is 18.1 Å². The van der Waals surface area contributed by atoms with E-state index in [1.165, 1.54) is 6.26 Å². The number of rotatable bonds is 5. The first-order valence-corrected chi connectivity index (χ1v) is 9.09. The summed E-state index contributed by atoms with van der Waals surface area (Å²) in [5.74, 6) is 1.76. The van der Waals surface area contributed by atoms with Crippen LogP contribution in [-0.4, -0.2) is 59.6 Å². The fraction of sp³-hybridized carbons (Fsp3) is 0.421. The van der Waals surface area contributed by atoms with Crippen LogP contribution in [0.3, 0.4) is 0 Å². The minimum atomic E-state index is -0.476. The molecule has 2 aliphatic heterocycles. The maximum absolute atomic E-state index is 12.8. The molecule has 1 atom stereocenters. The zero-order valence-electron chi connectivity index (χ0n) is 15.7. The summed E-state index contributed by atoms with van der Waals surface area (Å²) >= 11 is 0.